The van der Waals surface area contributed by atoms with Crippen LogP contribution in [0.15, 0.2) is 24.3 Å². The molecule has 0 aromatic heterocycles. The van der Waals surface area contributed by atoms with Gasteiger partial charge in [-0.1, -0.05) is 12.1 Å². The van der Waals surface area contributed by atoms with Crippen LogP contribution in [-0.4, -0.2) is 37.2 Å². The molecule has 1 unspecified atom stereocenters. The van der Waals surface area contributed by atoms with Crippen LogP contribution in [0, 0.1) is 0 Å². The van der Waals surface area contributed by atoms with Gasteiger partial charge in [0, 0.05) is 12.6 Å². The molecule has 0 bridgehead atoms. The van der Waals surface area contributed by atoms with Gasteiger partial charge in [-0.05, 0) is 70.9 Å². The average molecular weight is 313 g/mol. The van der Waals surface area contributed by atoms with E-state index >= 15 is 0 Å². The van der Waals surface area contributed by atoms with E-state index in [0.717, 1.165) is 18.8 Å². The smallest absolute Gasteiger partial charge is 0.119 e. The lowest BCUT2D eigenvalue weighted by Gasteiger charge is -2.27. The van der Waals surface area contributed by atoms with Gasteiger partial charge in [-0.3, -0.25) is 4.90 Å². The Morgan fingerprint density at radius 1 is 1.19 bits per heavy atom. The van der Waals surface area contributed by atoms with Crippen molar-refractivity contribution in [2.45, 2.75) is 51.8 Å². The fraction of sp³-hybridized carbons (Fsp3) is 0.647. The van der Waals surface area contributed by atoms with E-state index in [9.17, 15) is 0 Å². The van der Waals surface area contributed by atoms with Crippen LogP contribution in [0.3, 0.4) is 0 Å². The maximum atomic E-state index is 5.69. The molecule has 1 aromatic rings. The highest BCUT2D eigenvalue weighted by Gasteiger charge is 2.16. The average Bonchev–Trinajstić information content (AvgIpc) is 2.69. The summed E-state index contributed by atoms with van der Waals surface area (Å²) >= 11 is 0. The fourth-order valence-corrected chi connectivity index (χ4v) is 2.80. The monoisotopic (exact) mass is 312 g/mol. The highest BCUT2D eigenvalue weighted by molar-refractivity contribution is 5.85. The first-order valence-corrected chi connectivity index (χ1v) is 7.81. The summed E-state index contributed by atoms with van der Waals surface area (Å²) in [6, 6.07) is 9.23. The summed E-state index contributed by atoms with van der Waals surface area (Å²) in [4.78, 5) is 2.49. The Balaban J connectivity index is 0.00000220. The number of halogens is 1. The first-order chi connectivity index (χ1) is 9.65. The molecule has 3 nitrogen and oxygen atoms in total. The Morgan fingerprint density at radius 2 is 1.90 bits per heavy atom. The van der Waals surface area contributed by atoms with Crippen LogP contribution in [0.4, 0.5) is 0 Å². The Kier molecular flexibility index (Phi) is 8.09. The topological polar surface area (TPSA) is 24.5 Å². The number of benzene rings is 1. The van der Waals surface area contributed by atoms with Crippen molar-refractivity contribution in [1.82, 2.24) is 10.2 Å². The summed E-state index contributed by atoms with van der Waals surface area (Å²) in [5, 5.41) is 3.48. The largest absolute Gasteiger partial charge is 0.491 e. The summed E-state index contributed by atoms with van der Waals surface area (Å²) < 4.78 is 5.69. The second kappa shape index (κ2) is 9.29. The molecule has 1 N–H and O–H groups in total. The van der Waals surface area contributed by atoms with Gasteiger partial charge in [-0.25, -0.2) is 0 Å². The summed E-state index contributed by atoms with van der Waals surface area (Å²) in [5.41, 5.74) is 1.36. The van der Waals surface area contributed by atoms with E-state index in [0.29, 0.717) is 6.04 Å². The molecule has 0 spiro atoms. The van der Waals surface area contributed by atoms with E-state index in [-0.39, 0.29) is 18.5 Å². The third kappa shape index (κ3) is 6.25. The molecule has 0 amide bonds. The first-order valence-electron chi connectivity index (χ1n) is 7.81. The van der Waals surface area contributed by atoms with Crippen molar-refractivity contribution in [2.75, 3.05) is 20.1 Å². The molecule has 1 aliphatic heterocycles. The van der Waals surface area contributed by atoms with Crippen LogP contribution < -0.4 is 10.1 Å². The van der Waals surface area contributed by atoms with Crippen molar-refractivity contribution < 1.29 is 4.74 Å². The van der Waals surface area contributed by atoms with Gasteiger partial charge < -0.3 is 10.1 Å². The molecule has 0 saturated carbocycles. The molecule has 4 heteroatoms. The minimum atomic E-state index is 0. The molecule has 120 valence electrons. The molecular weight excluding hydrogens is 284 g/mol. The molecular formula is C17H29ClN2O. The van der Waals surface area contributed by atoms with Crippen molar-refractivity contribution in [2.24, 2.45) is 0 Å². The number of nitrogens with one attached hydrogen (secondary N) is 1. The Morgan fingerprint density at radius 3 is 2.57 bits per heavy atom. The molecule has 1 aliphatic rings. The van der Waals surface area contributed by atoms with E-state index in [1.54, 1.807) is 0 Å². The van der Waals surface area contributed by atoms with Gasteiger partial charge in [0.2, 0.25) is 0 Å². The summed E-state index contributed by atoms with van der Waals surface area (Å²) in [6.07, 6.45) is 4.08. The predicted octanol–water partition coefficient (Wildman–Crippen LogP) is 3.47. The van der Waals surface area contributed by atoms with E-state index in [2.05, 4.69) is 55.4 Å². The number of rotatable bonds is 5. The number of ether oxygens (including phenoxy) is 1. The molecule has 1 aromatic carbocycles. The maximum absolute atomic E-state index is 5.69. The minimum absolute atomic E-state index is 0. The normalized spacial score (nSPS) is 19.2. The lowest BCUT2D eigenvalue weighted by molar-refractivity contribution is 0.216. The standard InChI is InChI=1S/C17H28N2O.ClH/c1-14(2)20-17-8-6-15(7-9-17)13-19(3)16-5-4-11-18-12-10-16;/h6-9,14,16,18H,4-5,10-13H2,1-3H3;1H. The predicted molar refractivity (Wildman–Crippen MR) is 91.4 cm³/mol. The van der Waals surface area contributed by atoms with Crippen molar-refractivity contribution in [3.63, 3.8) is 0 Å². The van der Waals surface area contributed by atoms with Crippen LogP contribution in [-0.2, 0) is 6.54 Å². The van der Waals surface area contributed by atoms with E-state index in [1.807, 2.05) is 0 Å². The zero-order valence-corrected chi connectivity index (χ0v) is 14.3. The Hall–Kier alpha value is -0.770. The molecule has 0 radical (unpaired) electrons. The van der Waals surface area contributed by atoms with E-state index < -0.39 is 0 Å². The molecule has 2 rings (SSSR count). The number of hydrogen-bond donors (Lipinski definition) is 1. The van der Waals surface area contributed by atoms with Crippen LogP contribution >= 0.6 is 12.4 Å². The zero-order chi connectivity index (χ0) is 14.4. The van der Waals surface area contributed by atoms with Gasteiger partial charge in [0.1, 0.15) is 5.75 Å². The van der Waals surface area contributed by atoms with Crippen LogP contribution in [0.2, 0.25) is 0 Å². The third-order valence-corrected chi connectivity index (χ3v) is 3.90. The fourth-order valence-electron chi connectivity index (χ4n) is 2.80. The number of nitrogens with zero attached hydrogens (tertiary/aromatic N) is 1. The van der Waals surface area contributed by atoms with Gasteiger partial charge in [0.25, 0.3) is 0 Å². The second-order valence-electron chi connectivity index (χ2n) is 6.06. The van der Waals surface area contributed by atoms with Crippen molar-refractivity contribution in [1.29, 1.82) is 0 Å². The summed E-state index contributed by atoms with van der Waals surface area (Å²) in [7, 11) is 2.24. The van der Waals surface area contributed by atoms with E-state index in [4.69, 9.17) is 4.74 Å². The highest BCUT2D eigenvalue weighted by atomic mass is 35.5. The maximum Gasteiger partial charge on any atom is 0.119 e. The summed E-state index contributed by atoms with van der Waals surface area (Å²) in [6.45, 7) is 7.46. The van der Waals surface area contributed by atoms with Crippen molar-refractivity contribution in [3.05, 3.63) is 29.8 Å². The van der Waals surface area contributed by atoms with Crippen LogP contribution in [0.1, 0.15) is 38.7 Å². The lowest BCUT2D eigenvalue weighted by Crippen LogP contribution is -2.31. The van der Waals surface area contributed by atoms with Gasteiger partial charge >= 0.3 is 0 Å². The quantitative estimate of drug-likeness (QED) is 0.901. The van der Waals surface area contributed by atoms with Crippen LogP contribution in [0.5, 0.6) is 5.75 Å². The van der Waals surface area contributed by atoms with Crippen LogP contribution in [0.25, 0.3) is 0 Å². The van der Waals surface area contributed by atoms with E-state index in [1.165, 1.54) is 31.4 Å². The van der Waals surface area contributed by atoms with Crippen molar-refractivity contribution >= 4 is 12.4 Å². The minimum Gasteiger partial charge on any atom is -0.491 e. The van der Waals surface area contributed by atoms with Crippen molar-refractivity contribution in [3.8, 4) is 5.75 Å². The van der Waals surface area contributed by atoms with Gasteiger partial charge in [-0.2, -0.15) is 0 Å². The number of hydrogen-bond acceptors (Lipinski definition) is 3. The molecule has 1 saturated heterocycles. The third-order valence-electron chi connectivity index (χ3n) is 3.90. The Labute approximate surface area is 135 Å². The lowest BCUT2D eigenvalue weighted by atomic mass is 10.1. The molecule has 1 heterocycles. The highest BCUT2D eigenvalue weighted by Crippen LogP contribution is 2.18. The first kappa shape index (κ1) is 18.3. The summed E-state index contributed by atoms with van der Waals surface area (Å²) in [5.74, 6) is 0.963. The molecule has 1 fully saturated rings. The van der Waals surface area contributed by atoms with Gasteiger partial charge in [0.15, 0.2) is 0 Å². The SMILES string of the molecule is CC(C)Oc1ccc(CN(C)C2CCCNCC2)cc1.Cl. The second-order valence-corrected chi connectivity index (χ2v) is 6.06. The Bertz CT molecular complexity index is 386. The zero-order valence-electron chi connectivity index (χ0n) is 13.5. The molecule has 21 heavy (non-hydrogen) atoms. The molecule has 0 aliphatic carbocycles. The van der Waals surface area contributed by atoms with Gasteiger partial charge in [0.05, 0.1) is 6.10 Å². The molecule has 1 atom stereocenters. The van der Waals surface area contributed by atoms with Gasteiger partial charge in [-0.15, -0.1) is 12.4 Å².